The molecule has 0 saturated heterocycles. The maximum atomic E-state index is 5.33. The van der Waals surface area contributed by atoms with Crippen molar-refractivity contribution in [3.8, 4) is 11.8 Å². The zero-order chi connectivity index (χ0) is 12.8. The second kappa shape index (κ2) is 6.29. The smallest absolute Gasteiger partial charge is 0.256 e. The van der Waals surface area contributed by atoms with Crippen LogP contribution in [0.25, 0.3) is 0 Å². The molecule has 0 aliphatic carbocycles. The summed E-state index contributed by atoms with van der Waals surface area (Å²) in [6.45, 7) is 2.31. The zero-order valence-corrected chi connectivity index (χ0v) is 11.0. The molecule has 2 N–H and O–H groups in total. The lowest BCUT2D eigenvalue weighted by Crippen LogP contribution is -1.93. The fraction of sp³-hybridized carbons (Fsp3) is 0.214. The second-order valence-electron chi connectivity index (χ2n) is 3.75. The second-order valence-corrected chi connectivity index (χ2v) is 4.67. The van der Waals surface area contributed by atoms with Crippen LogP contribution < -0.4 is 5.73 Å². The van der Waals surface area contributed by atoms with Crippen LogP contribution >= 0.6 is 11.8 Å². The molecule has 0 saturated carbocycles. The molecule has 92 valence electrons. The third-order valence-corrected chi connectivity index (χ3v) is 3.16. The molecular weight excluding hydrogens is 244 g/mol. The number of nitrogens with two attached hydrogens (primary N) is 1. The molecular formula is C14H14N2OS. The Balaban J connectivity index is 1.94. The van der Waals surface area contributed by atoms with Crippen molar-refractivity contribution in [1.82, 2.24) is 4.98 Å². The third kappa shape index (κ3) is 3.66. The van der Waals surface area contributed by atoms with E-state index in [4.69, 9.17) is 10.2 Å². The van der Waals surface area contributed by atoms with E-state index in [0.29, 0.717) is 11.8 Å². The maximum absolute atomic E-state index is 5.33. The Morgan fingerprint density at radius 2 is 2.11 bits per heavy atom. The topological polar surface area (TPSA) is 52.0 Å². The van der Waals surface area contributed by atoms with Crippen molar-refractivity contribution in [2.75, 3.05) is 6.54 Å². The van der Waals surface area contributed by atoms with Crippen LogP contribution in [0.5, 0.6) is 0 Å². The first-order valence-electron chi connectivity index (χ1n) is 5.61. The first-order valence-corrected chi connectivity index (χ1v) is 6.59. The molecule has 0 bridgehead atoms. The number of benzene rings is 1. The fourth-order valence-electron chi connectivity index (χ4n) is 1.38. The van der Waals surface area contributed by atoms with Crippen LogP contribution in [-0.2, 0) is 5.75 Å². The van der Waals surface area contributed by atoms with Crippen molar-refractivity contribution in [2.24, 2.45) is 5.73 Å². The summed E-state index contributed by atoms with van der Waals surface area (Å²) in [5, 5.41) is 0.708. The molecule has 4 heteroatoms. The molecule has 2 rings (SSSR count). The molecule has 3 nitrogen and oxygen atoms in total. The van der Waals surface area contributed by atoms with Gasteiger partial charge in [-0.1, -0.05) is 35.7 Å². The SMILES string of the molecule is Cc1coc(SCc2ccc(C#CCN)cc2)n1. The van der Waals surface area contributed by atoms with Crippen LogP contribution in [0.2, 0.25) is 0 Å². The number of hydrogen-bond donors (Lipinski definition) is 1. The van der Waals surface area contributed by atoms with Gasteiger partial charge in [-0.05, 0) is 24.6 Å². The summed E-state index contributed by atoms with van der Waals surface area (Å²) in [6, 6.07) is 8.12. The first kappa shape index (κ1) is 12.7. The van der Waals surface area contributed by atoms with Crippen molar-refractivity contribution < 1.29 is 4.42 Å². The molecule has 1 heterocycles. The molecule has 0 amide bonds. The quantitative estimate of drug-likeness (QED) is 0.679. The van der Waals surface area contributed by atoms with Gasteiger partial charge in [0, 0.05) is 11.3 Å². The number of aromatic nitrogens is 1. The predicted molar refractivity (Wildman–Crippen MR) is 73.2 cm³/mol. The van der Waals surface area contributed by atoms with E-state index in [0.717, 1.165) is 17.0 Å². The van der Waals surface area contributed by atoms with Crippen LogP contribution in [0.3, 0.4) is 0 Å². The highest BCUT2D eigenvalue weighted by molar-refractivity contribution is 7.98. The number of thioether (sulfide) groups is 1. The first-order chi connectivity index (χ1) is 8.78. The summed E-state index contributed by atoms with van der Waals surface area (Å²) in [5.41, 5.74) is 8.44. The molecule has 1 aromatic heterocycles. The number of rotatable bonds is 3. The summed E-state index contributed by atoms with van der Waals surface area (Å²) >= 11 is 1.58. The predicted octanol–water partition coefficient (Wildman–Crippen LogP) is 2.59. The lowest BCUT2D eigenvalue weighted by atomic mass is 10.1. The standard InChI is InChI=1S/C14H14N2OS/c1-11-9-17-14(16-11)18-10-13-6-4-12(5-7-13)3-2-8-15/h4-7,9H,8,10,15H2,1H3. The number of oxazole rings is 1. The molecule has 0 unspecified atom stereocenters. The summed E-state index contributed by atoms with van der Waals surface area (Å²) in [5.74, 6) is 6.67. The molecule has 2 aromatic rings. The summed E-state index contributed by atoms with van der Waals surface area (Å²) in [6.07, 6.45) is 1.66. The van der Waals surface area contributed by atoms with Gasteiger partial charge in [-0.2, -0.15) is 0 Å². The van der Waals surface area contributed by atoms with Gasteiger partial charge in [-0.15, -0.1) is 0 Å². The molecule has 1 aromatic carbocycles. The summed E-state index contributed by atoms with van der Waals surface area (Å²) in [4.78, 5) is 4.24. The normalized spacial score (nSPS) is 9.89. The Morgan fingerprint density at radius 3 is 2.72 bits per heavy atom. The lowest BCUT2D eigenvalue weighted by molar-refractivity contribution is 0.454. The molecule has 0 radical (unpaired) electrons. The summed E-state index contributed by atoms with van der Waals surface area (Å²) < 4.78 is 5.28. The average molecular weight is 258 g/mol. The minimum absolute atomic E-state index is 0.390. The number of nitrogens with zero attached hydrogens (tertiary/aromatic N) is 1. The Hall–Kier alpha value is -1.70. The van der Waals surface area contributed by atoms with Crippen LogP contribution in [0.1, 0.15) is 16.8 Å². The van der Waals surface area contributed by atoms with Gasteiger partial charge in [0.15, 0.2) is 0 Å². The van der Waals surface area contributed by atoms with E-state index in [-0.39, 0.29) is 0 Å². The lowest BCUT2D eigenvalue weighted by Gasteiger charge is -1.98. The van der Waals surface area contributed by atoms with Gasteiger partial charge < -0.3 is 10.2 Å². The largest absolute Gasteiger partial charge is 0.440 e. The Labute approximate surface area is 111 Å². The number of hydrogen-bond acceptors (Lipinski definition) is 4. The third-order valence-electron chi connectivity index (χ3n) is 2.25. The minimum Gasteiger partial charge on any atom is -0.440 e. The molecule has 0 atom stereocenters. The molecule has 0 fully saturated rings. The van der Waals surface area contributed by atoms with E-state index in [2.05, 4.69) is 29.0 Å². The molecule has 0 spiro atoms. The van der Waals surface area contributed by atoms with E-state index in [1.54, 1.807) is 18.0 Å². The number of aryl methyl sites for hydroxylation is 1. The van der Waals surface area contributed by atoms with Crippen LogP contribution in [0.4, 0.5) is 0 Å². The Bertz CT molecular complexity index is 563. The highest BCUT2D eigenvalue weighted by Crippen LogP contribution is 2.21. The van der Waals surface area contributed by atoms with Gasteiger partial charge in [0.2, 0.25) is 0 Å². The summed E-state index contributed by atoms with van der Waals surface area (Å²) in [7, 11) is 0. The van der Waals surface area contributed by atoms with Gasteiger partial charge in [0.05, 0.1) is 12.2 Å². The van der Waals surface area contributed by atoms with Gasteiger partial charge in [0.25, 0.3) is 5.22 Å². The van der Waals surface area contributed by atoms with Gasteiger partial charge in [-0.25, -0.2) is 4.98 Å². The Kier molecular flexibility index (Phi) is 4.46. The van der Waals surface area contributed by atoms with Crippen molar-refractivity contribution >= 4 is 11.8 Å². The van der Waals surface area contributed by atoms with E-state index in [1.807, 2.05) is 19.1 Å². The van der Waals surface area contributed by atoms with Crippen LogP contribution in [-0.4, -0.2) is 11.5 Å². The van der Waals surface area contributed by atoms with Crippen LogP contribution in [0.15, 0.2) is 40.2 Å². The minimum atomic E-state index is 0.390. The van der Waals surface area contributed by atoms with E-state index in [1.165, 1.54) is 5.56 Å². The van der Waals surface area contributed by atoms with E-state index >= 15 is 0 Å². The van der Waals surface area contributed by atoms with Crippen LogP contribution in [0, 0.1) is 18.8 Å². The average Bonchev–Trinajstić information content (AvgIpc) is 2.81. The van der Waals surface area contributed by atoms with Crippen molar-refractivity contribution in [3.63, 3.8) is 0 Å². The fourth-order valence-corrected chi connectivity index (χ4v) is 2.19. The monoisotopic (exact) mass is 258 g/mol. The highest BCUT2D eigenvalue weighted by atomic mass is 32.2. The van der Waals surface area contributed by atoms with Crippen molar-refractivity contribution in [3.05, 3.63) is 47.3 Å². The van der Waals surface area contributed by atoms with E-state index in [9.17, 15) is 0 Å². The Morgan fingerprint density at radius 1 is 1.33 bits per heavy atom. The maximum Gasteiger partial charge on any atom is 0.256 e. The van der Waals surface area contributed by atoms with Gasteiger partial charge in [0.1, 0.15) is 6.26 Å². The van der Waals surface area contributed by atoms with Crippen molar-refractivity contribution in [1.29, 1.82) is 0 Å². The van der Waals surface area contributed by atoms with Gasteiger partial charge >= 0.3 is 0 Å². The molecule has 18 heavy (non-hydrogen) atoms. The highest BCUT2D eigenvalue weighted by Gasteiger charge is 2.02. The van der Waals surface area contributed by atoms with Gasteiger partial charge in [-0.3, -0.25) is 0 Å². The van der Waals surface area contributed by atoms with E-state index < -0.39 is 0 Å². The zero-order valence-electron chi connectivity index (χ0n) is 10.1. The molecule has 0 aliphatic rings. The van der Waals surface area contributed by atoms with Crippen molar-refractivity contribution in [2.45, 2.75) is 17.9 Å². The molecule has 0 aliphatic heterocycles.